The molecule has 15 heavy (non-hydrogen) atoms. The van der Waals surface area contributed by atoms with Crippen LogP contribution in [0.1, 0.15) is 40.0 Å². The van der Waals surface area contributed by atoms with Gasteiger partial charge in [-0.25, -0.2) is 0 Å². The second-order valence-electron chi connectivity index (χ2n) is 4.98. The summed E-state index contributed by atoms with van der Waals surface area (Å²) in [6.07, 6.45) is 0.744. The van der Waals surface area contributed by atoms with Crippen molar-refractivity contribution in [3.8, 4) is 0 Å². The quantitative estimate of drug-likeness (QED) is 0.553. The fraction of sp³-hybridized carbons (Fsp3) is 0.900. The van der Waals surface area contributed by atoms with Gasteiger partial charge in [-0.1, -0.05) is 0 Å². The Balaban J connectivity index is 2.93. The van der Waals surface area contributed by atoms with E-state index in [1.54, 1.807) is 6.92 Å². The molecule has 1 rings (SSSR count). The number of carbonyl (C=O) groups is 1. The molecule has 5 nitrogen and oxygen atoms in total. The summed E-state index contributed by atoms with van der Waals surface area (Å²) in [5.74, 6) is -0.797. The van der Waals surface area contributed by atoms with Crippen LogP contribution >= 0.6 is 0 Å². The molecule has 0 bridgehead atoms. The van der Waals surface area contributed by atoms with Crippen molar-refractivity contribution in [1.29, 1.82) is 0 Å². The Morgan fingerprint density at radius 1 is 1.47 bits per heavy atom. The van der Waals surface area contributed by atoms with Gasteiger partial charge in [-0.15, -0.1) is 0 Å². The van der Waals surface area contributed by atoms with E-state index in [1.165, 1.54) is 13.8 Å². The average Bonchev–Trinajstić information content (AvgIpc) is 2.09. The Labute approximate surface area is 88.6 Å². The molecule has 1 aliphatic carbocycles. The van der Waals surface area contributed by atoms with Crippen LogP contribution in [-0.4, -0.2) is 27.0 Å². The van der Waals surface area contributed by atoms with Crippen molar-refractivity contribution < 1.29 is 14.8 Å². The smallest absolute Gasteiger partial charge is 0.220 e. The van der Waals surface area contributed by atoms with Crippen LogP contribution in [0, 0.1) is 16.0 Å². The van der Waals surface area contributed by atoms with Crippen LogP contribution in [-0.2, 0) is 4.79 Å². The van der Waals surface area contributed by atoms with E-state index in [-0.39, 0.29) is 17.1 Å². The Morgan fingerprint density at radius 2 is 2.00 bits per heavy atom. The first-order chi connectivity index (χ1) is 6.69. The van der Waals surface area contributed by atoms with Gasteiger partial charge in [0.25, 0.3) is 0 Å². The predicted molar refractivity (Wildman–Crippen MR) is 54.0 cm³/mol. The highest BCUT2D eigenvalue weighted by molar-refractivity contribution is 5.79. The van der Waals surface area contributed by atoms with Crippen LogP contribution in [0.4, 0.5) is 0 Å². The summed E-state index contributed by atoms with van der Waals surface area (Å²) in [4.78, 5) is 21.9. The summed E-state index contributed by atoms with van der Waals surface area (Å²) < 4.78 is 0. The first-order valence-corrected chi connectivity index (χ1v) is 5.06. The Hall–Kier alpha value is -0.970. The van der Waals surface area contributed by atoms with Gasteiger partial charge in [0.15, 0.2) is 0 Å². The van der Waals surface area contributed by atoms with Crippen molar-refractivity contribution in [2.75, 3.05) is 0 Å². The SMILES string of the molecule is CC(=O)[C@@H]1C[C@@](C)([N+](=O)[O-])CC[C@@]1(C)O. The number of hydrogen-bond donors (Lipinski definition) is 1. The zero-order valence-electron chi connectivity index (χ0n) is 9.32. The minimum atomic E-state index is -1.10. The Kier molecular flexibility index (Phi) is 2.87. The molecule has 0 spiro atoms. The molecule has 1 N–H and O–H groups in total. The van der Waals surface area contributed by atoms with Gasteiger partial charge in [0.1, 0.15) is 5.78 Å². The lowest BCUT2D eigenvalue weighted by Gasteiger charge is -2.40. The molecule has 0 aliphatic heterocycles. The van der Waals surface area contributed by atoms with Gasteiger partial charge in [-0.05, 0) is 20.3 Å². The Bertz CT molecular complexity index is 300. The zero-order chi connectivity index (χ0) is 11.9. The molecule has 0 aromatic carbocycles. The topological polar surface area (TPSA) is 80.4 Å². The lowest BCUT2D eigenvalue weighted by atomic mass is 9.67. The minimum absolute atomic E-state index is 0.127. The number of nitro groups is 1. The molecular weight excluding hydrogens is 198 g/mol. The highest BCUT2D eigenvalue weighted by atomic mass is 16.6. The molecular formula is C10H17NO4. The van der Waals surface area contributed by atoms with Crippen molar-refractivity contribution in [2.45, 2.75) is 51.2 Å². The van der Waals surface area contributed by atoms with Crippen LogP contribution in [0.25, 0.3) is 0 Å². The van der Waals surface area contributed by atoms with Gasteiger partial charge in [-0.3, -0.25) is 14.9 Å². The molecule has 0 unspecified atom stereocenters. The van der Waals surface area contributed by atoms with Gasteiger partial charge in [0.05, 0.1) is 11.5 Å². The van der Waals surface area contributed by atoms with Gasteiger partial charge in [0.2, 0.25) is 5.54 Å². The summed E-state index contributed by atoms with van der Waals surface area (Å²) >= 11 is 0. The van der Waals surface area contributed by atoms with Crippen molar-refractivity contribution >= 4 is 5.78 Å². The molecule has 1 aliphatic rings. The Morgan fingerprint density at radius 3 is 2.40 bits per heavy atom. The second-order valence-corrected chi connectivity index (χ2v) is 4.98. The molecule has 86 valence electrons. The molecule has 1 saturated carbocycles. The number of hydrogen-bond acceptors (Lipinski definition) is 4. The monoisotopic (exact) mass is 215 g/mol. The standard InChI is InChI=1S/C10H17NO4/c1-7(12)8-6-9(2,11(14)15)4-5-10(8,3)13/h8,13H,4-6H2,1-3H3/t8-,9-,10+/m0/s1. The third-order valence-electron chi connectivity index (χ3n) is 3.50. The van der Waals surface area contributed by atoms with E-state index in [9.17, 15) is 20.0 Å². The number of Topliss-reactive ketones (excluding diaryl/α,β-unsaturated/α-hetero) is 1. The van der Waals surface area contributed by atoms with E-state index < -0.39 is 17.1 Å². The fourth-order valence-corrected chi connectivity index (χ4v) is 2.21. The fourth-order valence-electron chi connectivity index (χ4n) is 2.21. The van der Waals surface area contributed by atoms with Crippen LogP contribution in [0.2, 0.25) is 0 Å². The molecule has 5 heteroatoms. The van der Waals surface area contributed by atoms with E-state index in [2.05, 4.69) is 0 Å². The number of aliphatic hydroxyl groups is 1. The zero-order valence-corrected chi connectivity index (χ0v) is 9.32. The lowest BCUT2D eigenvalue weighted by Crippen LogP contribution is -2.52. The molecule has 0 radical (unpaired) electrons. The van der Waals surface area contributed by atoms with Crippen LogP contribution < -0.4 is 0 Å². The van der Waals surface area contributed by atoms with Crippen molar-refractivity contribution in [2.24, 2.45) is 5.92 Å². The average molecular weight is 215 g/mol. The highest BCUT2D eigenvalue weighted by Crippen LogP contribution is 2.40. The predicted octanol–water partition coefficient (Wildman–Crippen LogP) is 1.16. The minimum Gasteiger partial charge on any atom is -0.389 e. The highest BCUT2D eigenvalue weighted by Gasteiger charge is 2.51. The normalized spacial score (nSPS) is 41.2. The maximum absolute atomic E-state index is 11.3. The summed E-state index contributed by atoms with van der Waals surface area (Å²) in [6.45, 7) is 4.50. The van der Waals surface area contributed by atoms with Gasteiger partial charge < -0.3 is 5.11 Å². The van der Waals surface area contributed by atoms with Gasteiger partial charge in [0, 0.05) is 24.7 Å². The molecule has 0 amide bonds. The van der Waals surface area contributed by atoms with E-state index in [0.29, 0.717) is 12.8 Å². The van der Waals surface area contributed by atoms with E-state index in [1.807, 2.05) is 0 Å². The lowest BCUT2D eigenvalue weighted by molar-refractivity contribution is -0.573. The van der Waals surface area contributed by atoms with Crippen molar-refractivity contribution in [1.82, 2.24) is 0 Å². The maximum Gasteiger partial charge on any atom is 0.220 e. The first kappa shape index (κ1) is 12.1. The molecule has 1 fully saturated rings. The number of ketones is 1. The van der Waals surface area contributed by atoms with E-state index in [4.69, 9.17) is 0 Å². The molecule has 0 heterocycles. The van der Waals surface area contributed by atoms with Gasteiger partial charge in [-0.2, -0.15) is 0 Å². The van der Waals surface area contributed by atoms with Crippen LogP contribution in [0.15, 0.2) is 0 Å². The largest absolute Gasteiger partial charge is 0.389 e. The molecule has 0 aromatic rings. The maximum atomic E-state index is 11.3. The molecule has 0 saturated heterocycles. The number of rotatable bonds is 2. The summed E-state index contributed by atoms with van der Waals surface area (Å²) in [6, 6.07) is 0. The molecule has 3 atom stereocenters. The summed E-state index contributed by atoms with van der Waals surface area (Å²) in [5.41, 5.74) is -2.17. The summed E-state index contributed by atoms with van der Waals surface area (Å²) in [5, 5.41) is 20.8. The van der Waals surface area contributed by atoms with Crippen LogP contribution in [0.5, 0.6) is 0 Å². The van der Waals surface area contributed by atoms with E-state index in [0.717, 1.165) is 0 Å². The van der Waals surface area contributed by atoms with Crippen molar-refractivity contribution in [3.05, 3.63) is 10.1 Å². The van der Waals surface area contributed by atoms with Crippen LogP contribution in [0.3, 0.4) is 0 Å². The first-order valence-electron chi connectivity index (χ1n) is 5.06. The number of carbonyl (C=O) groups excluding carboxylic acids is 1. The third-order valence-corrected chi connectivity index (χ3v) is 3.50. The van der Waals surface area contributed by atoms with Gasteiger partial charge >= 0.3 is 0 Å². The number of nitrogens with zero attached hydrogens (tertiary/aromatic N) is 1. The third kappa shape index (κ3) is 2.17. The van der Waals surface area contributed by atoms with Crippen molar-refractivity contribution in [3.63, 3.8) is 0 Å². The van der Waals surface area contributed by atoms with E-state index >= 15 is 0 Å². The summed E-state index contributed by atoms with van der Waals surface area (Å²) in [7, 11) is 0. The second kappa shape index (κ2) is 3.56. The molecule has 0 aromatic heterocycles.